The number of hydrogen-bond acceptors (Lipinski definition) is 20. The van der Waals surface area contributed by atoms with E-state index in [-0.39, 0.29) is 29.0 Å². The number of ether oxygens (including phenoxy) is 2. The number of anilines is 5. The normalized spacial score (nSPS) is 25.7. The van der Waals surface area contributed by atoms with Crippen LogP contribution in [0.15, 0.2) is 88.8 Å². The molecule has 0 spiro atoms. The Kier molecular flexibility index (Phi) is 13.0. The molecule has 344 valence electrons. The van der Waals surface area contributed by atoms with E-state index in [0.29, 0.717) is 3.57 Å². The number of imidazole rings is 1. The van der Waals surface area contributed by atoms with Crippen LogP contribution in [0.2, 0.25) is 0 Å². The number of aliphatic hydroxyl groups is 4. The zero-order chi connectivity index (χ0) is 46.5. The third kappa shape index (κ3) is 9.07. The summed E-state index contributed by atoms with van der Waals surface area (Å²) in [6.45, 7) is 1.46. The molecular formula is C40H44IN11O12P-. The van der Waals surface area contributed by atoms with Crippen molar-refractivity contribution in [3.05, 3.63) is 115 Å². The van der Waals surface area contributed by atoms with Crippen molar-refractivity contribution in [3.8, 4) is 11.1 Å². The number of hydrogen-bond donors (Lipinski definition) is 9. The summed E-state index contributed by atoms with van der Waals surface area (Å²) in [5.74, 6) is -0.279. The maximum atomic E-state index is 12.4. The molecule has 3 aliphatic rings. The smallest absolute Gasteiger partial charge is 0.351 e. The Hall–Kier alpha value is -5.51. The number of rotatable bonds is 10. The van der Waals surface area contributed by atoms with Crippen molar-refractivity contribution in [2.24, 2.45) is 0 Å². The average Bonchev–Trinajstić information content (AvgIpc) is 3.92. The quantitative estimate of drug-likeness (QED) is 0.0507. The van der Waals surface area contributed by atoms with Gasteiger partial charge in [-0.3, -0.25) is 23.5 Å². The lowest BCUT2D eigenvalue weighted by Gasteiger charge is -2.40. The largest absolute Gasteiger partial charge is 0.756 e. The van der Waals surface area contributed by atoms with Gasteiger partial charge in [-0.2, -0.15) is 9.97 Å². The first-order valence-electron chi connectivity index (χ1n) is 20.0. The molecule has 0 radical (unpaired) electrons. The Balaban J connectivity index is 0.000000203. The highest BCUT2D eigenvalue weighted by atomic mass is 127. The van der Waals surface area contributed by atoms with E-state index in [1.807, 2.05) is 12.1 Å². The van der Waals surface area contributed by atoms with Crippen LogP contribution >= 0.6 is 30.4 Å². The van der Waals surface area contributed by atoms with E-state index >= 15 is 0 Å². The number of aromatic amines is 1. The van der Waals surface area contributed by atoms with Gasteiger partial charge in [-0.1, -0.05) is 42.5 Å². The van der Waals surface area contributed by atoms with Gasteiger partial charge >= 0.3 is 5.69 Å². The Labute approximate surface area is 381 Å². The van der Waals surface area contributed by atoms with Gasteiger partial charge in [-0.25, -0.2) is 9.78 Å². The molecule has 13 N–H and O–H groups in total. The van der Waals surface area contributed by atoms with E-state index in [1.54, 1.807) is 22.6 Å². The molecule has 0 aliphatic carbocycles. The predicted molar refractivity (Wildman–Crippen MR) is 242 cm³/mol. The third-order valence-electron chi connectivity index (χ3n) is 11.2. The maximum Gasteiger partial charge on any atom is 0.351 e. The molecule has 2 fully saturated rings. The van der Waals surface area contributed by atoms with E-state index in [9.17, 15) is 39.5 Å². The van der Waals surface area contributed by atoms with Crippen molar-refractivity contribution in [2.45, 2.75) is 62.0 Å². The summed E-state index contributed by atoms with van der Waals surface area (Å²) < 4.78 is 35.4. The van der Waals surface area contributed by atoms with Gasteiger partial charge in [0, 0.05) is 35.4 Å². The fourth-order valence-corrected chi connectivity index (χ4v) is 9.21. The first-order valence-corrected chi connectivity index (χ1v) is 22.5. The van der Waals surface area contributed by atoms with Gasteiger partial charge in [0.1, 0.15) is 42.4 Å². The second kappa shape index (κ2) is 18.4. The molecule has 2 unspecified atom stereocenters. The molecule has 0 saturated carbocycles. The minimum absolute atomic E-state index is 0.0469. The van der Waals surface area contributed by atoms with Crippen LogP contribution in [0.1, 0.15) is 36.5 Å². The highest BCUT2D eigenvalue weighted by Crippen LogP contribution is 2.48. The van der Waals surface area contributed by atoms with E-state index < -0.39 is 81.4 Å². The lowest BCUT2D eigenvalue weighted by atomic mass is 9.84. The van der Waals surface area contributed by atoms with E-state index in [4.69, 9.17) is 41.5 Å². The second-order valence-electron chi connectivity index (χ2n) is 15.3. The first-order chi connectivity index (χ1) is 31.0. The standard InChI is InChI=1S/C21H21N3.C19H24IN8O12P/c1-2-24-20-13-16(23)9-11-18(20)17-10-8-15(22)12-19(17)21(24)14-6-4-3-5-7-14;20-5-1-27(19(34)24-13(5)21)16-11(31)9(29)6(39-16)2-37-41(35,36)38-3-7-10(30)12(32)17(40-7)28-4-23-8-14(28)25-18(22)26-15(8)33/h3-13,21H,2,22-23H2,1H3;1,4,6-7,9-12,16-17,29-32H,2-3H2,(H,35,36)(H2,21,24,34)(H3,22,25,26,33)/p-1/t;6-,7-,9+,10+,11-,12-,16-,17-/m.1/s1. The van der Waals surface area contributed by atoms with Crippen LogP contribution in [-0.2, 0) is 23.1 Å². The van der Waals surface area contributed by atoms with Crippen LogP contribution in [-0.4, -0.2) is 106 Å². The van der Waals surface area contributed by atoms with Crippen molar-refractivity contribution in [1.29, 1.82) is 0 Å². The maximum absolute atomic E-state index is 12.4. The molecular weight excluding hydrogens is 984 g/mol. The van der Waals surface area contributed by atoms with Gasteiger partial charge in [-0.15, -0.1) is 0 Å². The van der Waals surface area contributed by atoms with Crippen molar-refractivity contribution in [3.63, 3.8) is 0 Å². The molecule has 6 aromatic rings. The van der Waals surface area contributed by atoms with Gasteiger partial charge in [0.2, 0.25) is 5.95 Å². The van der Waals surface area contributed by atoms with E-state index in [0.717, 1.165) is 33.4 Å². The number of nitrogens with zero attached hydrogens (tertiary/aromatic N) is 6. The molecule has 25 heteroatoms. The first kappa shape index (κ1) is 46.0. The highest BCUT2D eigenvalue weighted by molar-refractivity contribution is 14.1. The molecule has 3 aromatic carbocycles. The number of H-pyrrole nitrogens is 1. The number of nitrogens with one attached hydrogen (secondary N) is 1. The van der Waals surface area contributed by atoms with Crippen LogP contribution in [0, 0.1) is 3.57 Å². The Morgan fingerprint density at radius 1 is 0.831 bits per heavy atom. The second-order valence-corrected chi connectivity index (χ2v) is 17.9. The molecule has 0 bridgehead atoms. The number of phosphoric acid groups is 1. The molecule has 3 aliphatic heterocycles. The number of benzene rings is 3. The molecule has 9 rings (SSSR count). The van der Waals surface area contributed by atoms with Gasteiger partial charge in [0.25, 0.3) is 13.4 Å². The lowest BCUT2D eigenvalue weighted by Crippen LogP contribution is -2.36. The Bertz CT molecular complexity index is 2890. The number of aliphatic hydroxyl groups excluding tert-OH is 4. The van der Waals surface area contributed by atoms with E-state index in [2.05, 4.69) is 86.4 Å². The van der Waals surface area contributed by atoms with Crippen LogP contribution in [0.4, 0.5) is 28.8 Å². The number of halogens is 1. The molecule has 2 saturated heterocycles. The number of nitrogen functional groups attached to an aromatic ring is 4. The zero-order valence-corrected chi connectivity index (χ0v) is 37.2. The van der Waals surface area contributed by atoms with Gasteiger partial charge < -0.3 is 71.7 Å². The van der Waals surface area contributed by atoms with Crippen molar-refractivity contribution < 1.29 is 48.4 Å². The minimum atomic E-state index is -5.13. The van der Waals surface area contributed by atoms with E-state index in [1.165, 1.54) is 34.1 Å². The van der Waals surface area contributed by atoms with Crippen LogP contribution in [0.25, 0.3) is 22.3 Å². The third-order valence-corrected chi connectivity index (χ3v) is 12.9. The minimum Gasteiger partial charge on any atom is -0.756 e. The lowest BCUT2D eigenvalue weighted by molar-refractivity contribution is -0.231. The summed E-state index contributed by atoms with van der Waals surface area (Å²) >= 11 is 1.80. The molecule has 23 nitrogen and oxygen atoms in total. The number of aromatic nitrogens is 6. The molecule has 10 atom stereocenters. The number of fused-ring (bicyclic) bond motifs is 4. The number of phosphoric ester groups is 1. The van der Waals surface area contributed by atoms with Crippen LogP contribution in [0.5, 0.6) is 0 Å². The zero-order valence-electron chi connectivity index (χ0n) is 34.2. The average molecular weight is 1030 g/mol. The van der Waals surface area contributed by atoms with Crippen LogP contribution < -0.4 is 44.0 Å². The fraction of sp³-hybridized carbons (Fsp3) is 0.325. The summed E-state index contributed by atoms with van der Waals surface area (Å²) in [7, 11) is -5.13. The van der Waals surface area contributed by atoms with Gasteiger partial charge in [0.05, 0.1) is 29.2 Å². The highest BCUT2D eigenvalue weighted by Gasteiger charge is 2.47. The predicted octanol–water partition coefficient (Wildman–Crippen LogP) is 0.333. The Morgan fingerprint density at radius 2 is 1.43 bits per heavy atom. The summed E-state index contributed by atoms with van der Waals surface area (Å²) in [4.78, 5) is 52.7. The monoisotopic (exact) mass is 1030 g/mol. The van der Waals surface area contributed by atoms with Crippen molar-refractivity contribution >= 4 is 70.4 Å². The summed E-state index contributed by atoms with van der Waals surface area (Å²) in [5.41, 5.74) is 29.4. The molecule has 65 heavy (non-hydrogen) atoms. The SMILES string of the molecule is CCN1c2cc(N)ccc2-c2ccc(N)cc2C1c1ccccc1.Nc1nc2c(ncn2[C@@H]2O[C@H](COP(=O)([O-])OC[C@H]3O[C@@H](n4cc(I)c(N)nc4=O)[C@H](O)[C@H]3O)[C@H](O)[C@H]2O)c(=O)[nH]1. The fourth-order valence-electron chi connectivity index (χ4n) is 8.05. The molecule has 6 heterocycles. The van der Waals surface area contributed by atoms with Gasteiger partial charge in [-0.05, 0) is 70.5 Å². The summed E-state index contributed by atoms with van der Waals surface area (Å²) in [6.07, 6.45) is -9.70. The number of nitrogens with two attached hydrogens (primary N) is 4. The van der Waals surface area contributed by atoms with Crippen molar-refractivity contribution in [2.75, 3.05) is 47.6 Å². The molecule has 0 amide bonds. The topological polar surface area (TPSA) is 364 Å². The van der Waals surface area contributed by atoms with Crippen molar-refractivity contribution in [1.82, 2.24) is 29.1 Å². The summed E-state index contributed by atoms with van der Waals surface area (Å²) in [6, 6.07) is 23.1. The summed E-state index contributed by atoms with van der Waals surface area (Å²) in [5, 5.41) is 41.6. The van der Waals surface area contributed by atoms with Gasteiger partial charge in [0.15, 0.2) is 23.6 Å². The molecule has 3 aromatic heterocycles. The Morgan fingerprint density at radius 3 is 2.06 bits per heavy atom. The van der Waals surface area contributed by atoms with Crippen LogP contribution in [0.3, 0.4) is 0 Å².